The van der Waals surface area contributed by atoms with Crippen molar-refractivity contribution < 1.29 is 28.0 Å². The smallest absolute Gasteiger partial charge is 0.414 e. The Kier molecular flexibility index (Phi) is 5.24. The maximum absolute atomic E-state index is 14.8. The van der Waals surface area contributed by atoms with E-state index in [1.54, 1.807) is 18.2 Å². The van der Waals surface area contributed by atoms with Gasteiger partial charge in [-0.05, 0) is 29.8 Å². The minimum absolute atomic E-state index is 0.00520. The molecule has 1 aromatic carbocycles. The Morgan fingerprint density at radius 1 is 1.38 bits per heavy atom. The van der Waals surface area contributed by atoms with E-state index in [0.29, 0.717) is 30.3 Å². The van der Waals surface area contributed by atoms with Gasteiger partial charge < -0.3 is 24.2 Å². The zero-order valence-corrected chi connectivity index (χ0v) is 15.8. The van der Waals surface area contributed by atoms with Crippen molar-refractivity contribution in [2.24, 2.45) is 0 Å². The molecule has 0 radical (unpaired) electrons. The number of rotatable bonds is 6. The summed E-state index contributed by atoms with van der Waals surface area (Å²) in [5.74, 6) is -0.221. The van der Waals surface area contributed by atoms with Crippen LogP contribution in [0.1, 0.15) is 13.3 Å². The first-order valence-electron chi connectivity index (χ1n) is 9.32. The number of halogens is 1. The van der Waals surface area contributed by atoms with Gasteiger partial charge in [0.15, 0.2) is 6.10 Å². The molecule has 154 valence electrons. The number of nitrogens with one attached hydrogen (secondary N) is 1. The third-order valence-electron chi connectivity index (χ3n) is 4.88. The lowest BCUT2D eigenvalue weighted by Crippen LogP contribution is -2.35. The molecule has 2 aliphatic rings. The Morgan fingerprint density at radius 2 is 2.24 bits per heavy atom. The second-order valence-electron chi connectivity index (χ2n) is 7.03. The maximum atomic E-state index is 14.8. The highest BCUT2D eigenvalue weighted by Crippen LogP contribution is 2.30. The van der Waals surface area contributed by atoms with Gasteiger partial charge in [0, 0.05) is 32.1 Å². The first-order valence-corrected chi connectivity index (χ1v) is 9.32. The Bertz CT molecular complexity index is 891. The lowest BCUT2D eigenvalue weighted by Gasteiger charge is -2.21. The number of benzene rings is 1. The minimum Gasteiger partial charge on any atom is -0.471 e. The van der Waals surface area contributed by atoms with E-state index < -0.39 is 18.0 Å². The summed E-state index contributed by atoms with van der Waals surface area (Å²) in [5, 5.41) is 6.48. The summed E-state index contributed by atoms with van der Waals surface area (Å²) in [7, 11) is 0. The molecule has 2 fully saturated rings. The summed E-state index contributed by atoms with van der Waals surface area (Å²) < 4.78 is 30.1. The first-order chi connectivity index (χ1) is 14.0. The van der Waals surface area contributed by atoms with Crippen LogP contribution in [0.3, 0.4) is 0 Å². The maximum Gasteiger partial charge on any atom is 0.414 e. The fraction of sp³-hybridized carbons (Fsp3) is 0.421. The predicted octanol–water partition coefficient (Wildman–Crippen LogP) is 1.93. The number of cyclic esters (lactones) is 1. The van der Waals surface area contributed by atoms with E-state index in [1.165, 1.54) is 24.2 Å². The number of amides is 2. The van der Waals surface area contributed by atoms with Crippen LogP contribution in [0, 0.1) is 5.82 Å². The van der Waals surface area contributed by atoms with Crippen LogP contribution in [0.5, 0.6) is 5.88 Å². The fourth-order valence-corrected chi connectivity index (χ4v) is 3.58. The third kappa shape index (κ3) is 4.25. The molecule has 2 aliphatic heterocycles. The lowest BCUT2D eigenvalue weighted by atomic mass is 10.2. The number of carbonyl (C=O) groups excluding carboxylic acids is 2. The zero-order valence-electron chi connectivity index (χ0n) is 15.8. The fourth-order valence-electron chi connectivity index (χ4n) is 3.58. The number of anilines is 2. The Balaban J connectivity index is 1.38. The van der Waals surface area contributed by atoms with E-state index in [1.807, 2.05) is 4.90 Å². The van der Waals surface area contributed by atoms with Crippen LogP contribution in [-0.4, -0.2) is 55.5 Å². The number of nitrogens with zero attached hydrogens (tertiary/aromatic N) is 3. The topological polar surface area (TPSA) is 97.1 Å². The highest BCUT2D eigenvalue weighted by molar-refractivity contribution is 5.90. The average Bonchev–Trinajstić information content (AvgIpc) is 3.41. The molecule has 4 rings (SSSR count). The van der Waals surface area contributed by atoms with Gasteiger partial charge >= 0.3 is 6.09 Å². The van der Waals surface area contributed by atoms with Crippen LogP contribution in [0.2, 0.25) is 0 Å². The molecular formula is C19H21FN4O5. The van der Waals surface area contributed by atoms with Gasteiger partial charge in [0.2, 0.25) is 5.91 Å². The van der Waals surface area contributed by atoms with E-state index in [-0.39, 0.29) is 25.1 Å². The Labute approximate surface area is 166 Å². The lowest BCUT2D eigenvalue weighted by molar-refractivity contribution is -0.119. The molecule has 2 saturated heterocycles. The van der Waals surface area contributed by atoms with Crippen molar-refractivity contribution in [1.82, 2.24) is 10.5 Å². The summed E-state index contributed by atoms with van der Waals surface area (Å²) in [6, 6.07) is 6.21. The number of ether oxygens (including phenoxy) is 2. The van der Waals surface area contributed by atoms with E-state index in [9.17, 15) is 14.0 Å². The molecule has 2 aromatic rings. The number of aromatic nitrogens is 1. The second kappa shape index (κ2) is 7.98. The largest absolute Gasteiger partial charge is 0.471 e. The van der Waals surface area contributed by atoms with Crippen molar-refractivity contribution in [2.45, 2.75) is 25.5 Å². The van der Waals surface area contributed by atoms with Gasteiger partial charge in [-0.15, -0.1) is 0 Å². The quantitative estimate of drug-likeness (QED) is 0.786. The van der Waals surface area contributed by atoms with Crippen molar-refractivity contribution in [3.8, 4) is 5.88 Å². The van der Waals surface area contributed by atoms with Crippen LogP contribution in [0.4, 0.5) is 20.6 Å². The monoisotopic (exact) mass is 404 g/mol. The summed E-state index contributed by atoms with van der Waals surface area (Å²) in [5.41, 5.74) is 0.859. The van der Waals surface area contributed by atoms with Crippen LogP contribution in [0.25, 0.3) is 0 Å². The molecule has 3 heterocycles. The van der Waals surface area contributed by atoms with Gasteiger partial charge in [0.1, 0.15) is 18.7 Å². The third-order valence-corrected chi connectivity index (χ3v) is 4.88. The molecule has 9 nitrogen and oxygen atoms in total. The molecule has 1 N–H and O–H groups in total. The van der Waals surface area contributed by atoms with E-state index in [0.717, 1.165) is 6.42 Å². The number of hydrogen-bond acceptors (Lipinski definition) is 7. The van der Waals surface area contributed by atoms with Gasteiger partial charge in [0.25, 0.3) is 5.88 Å². The van der Waals surface area contributed by atoms with Gasteiger partial charge in [-0.3, -0.25) is 9.69 Å². The SMILES string of the molecule is CC(=O)N[C@H]1CCN(c2ccc(N3CC(COc4ccon4)OC3=O)cc2F)C1. The molecule has 10 heteroatoms. The van der Waals surface area contributed by atoms with Gasteiger partial charge in [-0.1, -0.05) is 0 Å². The number of hydrogen-bond donors (Lipinski definition) is 1. The van der Waals surface area contributed by atoms with Crippen LogP contribution < -0.4 is 19.9 Å². The van der Waals surface area contributed by atoms with Gasteiger partial charge in [-0.2, -0.15) is 0 Å². The van der Waals surface area contributed by atoms with Crippen molar-refractivity contribution >= 4 is 23.4 Å². The molecule has 0 saturated carbocycles. The molecule has 29 heavy (non-hydrogen) atoms. The van der Waals surface area contributed by atoms with E-state index in [2.05, 4.69) is 15.0 Å². The van der Waals surface area contributed by atoms with Crippen LogP contribution in [-0.2, 0) is 9.53 Å². The van der Waals surface area contributed by atoms with Crippen LogP contribution >= 0.6 is 0 Å². The molecule has 2 atom stereocenters. The van der Waals surface area contributed by atoms with E-state index >= 15 is 0 Å². The van der Waals surface area contributed by atoms with E-state index in [4.69, 9.17) is 9.47 Å². The average molecular weight is 404 g/mol. The summed E-state index contributed by atoms with van der Waals surface area (Å²) in [4.78, 5) is 26.6. The molecule has 1 unspecified atom stereocenters. The Morgan fingerprint density at radius 3 is 2.97 bits per heavy atom. The summed E-state index contributed by atoms with van der Waals surface area (Å²) in [6.45, 7) is 3.02. The molecule has 1 aromatic heterocycles. The van der Waals surface area contributed by atoms with Crippen LogP contribution in [0.15, 0.2) is 35.1 Å². The zero-order chi connectivity index (χ0) is 20.4. The van der Waals surface area contributed by atoms with Gasteiger partial charge in [-0.25, -0.2) is 9.18 Å². The molecule has 2 amide bonds. The normalized spacial score (nSPS) is 21.4. The first kappa shape index (κ1) is 19.0. The number of carbonyl (C=O) groups is 2. The minimum atomic E-state index is -0.558. The summed E-state index contributed by atoms with van der Waals surface area (Å²) >= 11 is 0. The second-order valence-corrected chi connectivity index (χ2v) is 7.03. The van der Waals surface area contributed by atoms with Crippen molar-refractivity contribution in [3.05, 3.63) is 36.3 Å². The van der Waals surface area contributed by atoms with Crippen molar-refractivity contribution in [1.29, 1.82) is 0 Å². The molecule has 0 aliphatic carbocycles. The molecule has 0 spiro atoms. The van der Waals surface area contributed by atoms with Gasteiger partial charge in [0.05, 0.1) is 17.9 Å². The Hall–Kier alpha value is -3.30. The standard InChI is InChI=1S/C19H21FN4O5/c1-12(25)21-13-4-6-23(9-13)17-3-2-14(8-16(17)20)24-10-15(29-19(24)26)11-27-18-5-7-28-22-18/h2-3,5,7-8,13,15H,4,6,9-11H2,1H3,(H,21,25)/t13-,15?/m0/s1. The summed E-state index contributed by atoms with van der Waals surface area (Å²) in [6.07, 6.45) is 1.08. The van der Waals surface area contributed by atoms with Crippen molar-refractivity contribution in [3.63, 3.8) is 0 Å². The highest BCUT2D eigenvalue weighted by atomic mass is 19.1. The van der Waals surface area contributed by atoms with Crippen molar-refractivity contribution in [2.75, 3.05) is 36.0 Å². The predicted molar refractivity (Wildman–Crippen MR) is 100 cm³/mol. The molecule has 0 bridgehead atoms. The highest BCUT2D eigenvalue weighted by Gasteiger charge is 2.34. The molecular weight excluding hydrogens is 383 g/mol.